The van der Waals surface area contributed by atoms with Gasteiger partial charge in [-0.25, -0.2) is 9.78 Å². The molecule has 0 aliphatic carbocycles. The van der Waals surface area contributed by atoms with Crippen LogP contribution in [0.15, 0.2) is 54.7 Å². The first kappa shape index (κ1) is 47.7. The first-order valence-electron chi connectivity index (χ1n) is 22.1. The van der Waals surface area contributed by atoms with Crippen LogP contribution in [-0.2, 0) is 50.0 Å². The standard InChI is InChI=1S/C47H67N9O6/c1-6-7-8-18-50-44-43-41(52-46(49)53-44)15-19-56(43)30-38-14-13-37(26-33(38)4)29-54-20-22-55(23-21-54)47(60)62-31-36-11-9-35(10-12-36)27-42(58)34(5)51-45(59)40(32(2)3)28-39(57)16-24-61-25-17-48/h9-15,19,26,32,34,40H,6-8,16-18,20-25,27-31,48H2,1-5H3,(H,51,59)(H3,49,50,52,53)/t34-,40-/m0/s1. The number of carbonyl (C=O) groups is 4. The molecule has 2 amide bonds. The van der Waals surface area contributed by atoms with Gasteiger partial charge in [0.25, 0.3) is 0 Å². The van der Waals surface area contributed by atoms with Gasteiger partial charge in [0.15, 0.2) is 11.6 Å². The van der Waals surface area contributed by atoms with Crippen molar-refractivity contribution in [2.45, 2.75) is 98.9 Å². The lowest BCUT2D eigenvalue weighted by atomic mass is 9.88. The lowest BCUT2D eigenvalue weighted by molar-refractivity contribution is -0.133. The molecule has 1 aliphatic heterocycles. The Morgan fingerprint density at radius 1 is 0.887 bits per heavy atom. The number of Topliss-reactive ketones (excluding diaryl/α,β-unsaturated/α-hetero) is 2. The molecule has 15 nitrogen and oxygen atoms in total. The van der Waals surface area contributed by atoms with Crippen molar-refractivity contribution in [3.8, 4) is 0 Å². The molecule has 2 aromatic heterocycles. The van der Waals surface area contributed by atoms with Crippen molar-refractivity contribution in [3.05, 3.63) is 82.5 Å². The van der Waals surface area contributed by atoms with E-state index in [9.17, 15) is 19.2 Å². The van der Waals surface area contributed by atoms with Crippen molar-refractivity contribution in [1.82, 2.24) is 29.7 Å². The predicted molar refractivity (Wildman–Crippen MR) is 242 cm³/mol. The number of benzene rings is 2. The Labute approximate surface area is 366 Å². The molecule has 0 unspecified atom stereocenters. The molecule has 62 heavy (non-hydrogen) atoms. The molecule has 4 aromatic rings. The van der Waals surface area contributed by atoms with Crippen LogP contribution < -0.4 is 22.1 Å². The highest BCUT2D eigenvalue weighted by Crippen LogP contribution is 2.25. The van der Waals surface area contributed by atoms with Crippen molar-refractivity contribution in [2.24, 2.45) is 17.6 Å². The van der Waals surface area contributed by atoms with Crippen molar-refractivity contribution in [2.75, 3.05) is 63.5 Å². The summed E-state index contributed by atoms with van der Waals surface area (Å²) in [6.07, 6.45) is 5.52. The van der Waals surface area contributed by atoms with E-state index < -0.39 is 12.0 Å². The number of unbranched alkanes of at least 4 members (excludes halogenated alkanes) is 2. The minimum atomic E-state index is -0.714. The first-order valence-corrected chi connectivity index (χ1v) is 22.1. The van der Waals surface area contributed by atoms with E-state index in [1.165, 1.54) is 16.7 Å². The fourth-order valence-electron chi connectivity index (χ4n) is 7.62. The van der Waals surface area contributed by atoms with Gasteiger partial charge in [0.05, 0.1) is 24.8 Å². The molecule has 0 bridgehead atoms. The molecule has 6 N–H and O–H groups in total. The zero-order valence-corrected chi connectivity index (χ0v) is 37.3. The van der Waals surface area contributed by atoms with Crippen LogP contribution >= 0.6 is 0 Å². The molecule has 15 heteroatoms. The maximum absolute atomic E-state index is 13.1. The van der Waals surface area contributed by atoms with E-state index in [-0.39, 0.29) is 67.9 Å². The number of aryl methyl sites for hydroxylation is 1. The maximum Gasteiger partial charge on any atom is 0.410 e. The predicted octanol–water partition coefficient (Wildman–Crippen LogP) is 5.64. The Kier molecular flexibility index (Phi) is 18.2. The van der Waals surface area contributed by atoms with E-state index in [1.54, 1.807) is 11.8 Å². The third-order valence-electron chi connectivity index (χ3n) is 11.5. The zero-order valence-electron chi connectivity index (χ0n) is 37.3. The third kappa shape index (κ3) is 14.1. The van der Waals surface area contributed by atoms with Crippen LogP contribution in [0.3, 0.4) is 0 Å². The summed E-state index contributed by atoms with van der Waals surface area (Å²) < 4.78 is 13.1. The molecule has 336 valence electrons. The van der Waals surface area contributed by atoms with Crippen molar-refractivity contribution in [1.29, 1.82) is 0 Å². The van der Waals surface area contributed by atoms with Crippen molar-refractivity contribution >= 4 is 46.4 Å². The highest BCUT2D eigenvalue weighted by Gasteiger charge is 2.28. The maximum atomic E-state index is 13.1. The number of ketones is 2. The number of hydrogen-bond acceptors (Lipinski definition) is 12. The Balaban J connectivity index is 1.03. The van der Waals surface area contributed by atoms with E-state index in [0.29, 0.717) is 32.8 Å². The van der Waals surface area contributed by atoms with Crippen LogP contribution in [0.5, 0.6) is 0 Å². The topological polar surface area (TPSA) is 200 Å². The number of anilines is 2. The number of carbonyl (C=O) groups excluding carboxylic acids is 4. The van der Waals surface area contributed by atoms with Crippen LogP contribution in [0.25, 0.3) is 11.0 Å². The molecule has 0 spiro atoms. The Morgan fingerprint density at radius 3 is 2.31 bits per heavy atom. The Hall–Kier alpha value is -5.38. The number of nitrogen functional groups attached to an aromatic ring is 1. The molecular formula is C47H67N9O6. The molecule has 1 fully saturated rings. The number of nitrogens with zero attached hydrogens (tertiary/aromatic N) is 5. The average molecular weight is 854 g/mol. The summed E-state index contributed by atoms with van der Waals surface area (Å²) in [7, 11) is 0. The van der Waals surface area contributed by atoms with E-state index in [0.717, 1.165) is 73.4 Å². The first-order chi connectivity index (χ1) is 29.8. The largest absolute Gasteiger partial charge is 0.445 e. The zero-order chi connectivity index (χ0) is 44.6. The average Bonchev–Trinajstić information content (AvgIpc) is 3.65. The summed E-state index contributed by atoms with van der Waals surface area (Å²) in [5, 5.41) is 6.29. The van der Waals surface area contributed by atoms with Gasteiger partial charge in [-0.1, -0.05) is 76.1 Å². The smallest absolute Gasteiger partial charge is 0.410 e. The summed E-state index contributed by atoms with van der Waals surface area (Å²) in [4.78, 5) is 64.7. The van der Waals surface area contributed by atoms with E-state index in [1.807, 2.05) is 50.4 Å². The van der Waals surface area contributed by atoms with E-state index >= 15 is 0 Å². The molecule has 1 saturated heterocycles. The van der Waals surface area contributed by atoms with Gasteiger partial charge in [-0.3, -0.25) is 19.3 Å². The van der Waals surface area contributed by atoms with Crippen LogP contribution in [0.2, 0.25) is 0 Å². The van der Waals surface area contributed by atoms with Gasteiger partial charge < -0.3 is 41.0 Å². The molecule has 3 heterocycles. The summed E-state index contributed by atoms with van der Waals surface area (Å²) in [6.45, 7) is 15.9. The van der Waals surface area contributed by atoms with Gasteiger partial charge in [-0.15, -0.1) is 0 Å². The number of rotatable bonds is 24. The van der Waals surface area contributed by atoms with Crippen LogP contribution in [0, 0.1) is 18.8 Å². The van der Waals surface area contributed by atoms with E-state index in [4.69, 9.17) is 20.9 Å². The summed E-state index contributed by atoms with van der Waals surface area (Å²) in [5.41, 5.74) is 18.5. The number of nitrogens with two attached hydrogens (primary N) is 2. The lowest BCUT2D eigenvalue weighted by Gasteiger charge is -2.34. The third-order valence-corrected chi connectivity index (χ3v) is 11.5. The monoisotopic (exact) mass is 854 g/mol. The number of aromatic nitrogens is 3. The number of amides is 2. The highest BCUT2D eigenvalue weighted by atomic mass is 16.6. The van der Waals surface area contributed by atoms with Crippen LogP contribution in [0.4, 0.5) is 16.6 Å². The summed E-state index contributed by atoms with van der Waals surface area (Å²) in [6, 6.07) is 15.3. The fraction of sp³-hybridized carbons (Fsp3) is 0.532. The number of piperazine rings is 1. The number of ether oxygens (including phenoxy) is 2. The second-order valence-electron chi connectivity index (χ2n) is 16.8. The highest BCUT2D eigenvalue weighted by molar-refractivity contribution is 5.92. The Morgan fingerprint density at radius 2 is 1.61 bits per heavy atom. The summed E-state index contributed by atoms with van der Waals surface area (Å²) >= 11 is 0. The molecule has 0 saturated carbocycles. The SMILES string of the molecule is CCCCCNc1nc(N)nc2ccn(Cc3ccc(CN4CCN(C(=O)OCc5ccc(CC(=O)[C@H](C)NC(=O)[C@@H](CC(=O)CCOCCN)C(C)C)cc5)CC4)cc3C)c12. The van der Waals surface area contributed by atoms with Gasteiger partial charge in [0, 0.05) is 83.7 Å². The quantitative estimate of drug-likeness (QED) is 0.0634. The number of fused-ring (bicyclic) bond motifs is 1. The molecular weight excluding hydrogens is 787 g/mol. The van der Waals surface area contributed by atoms with Gasteiger partial charge in [-0.2, -0.15) is 4.98 Å². The molecule has 5 rings (SSSR count). The minimum absolute atomic E-state index is 0.0604. The van der Waals surface area contributed by atoms with Crippen molar-refractivity contribution < 1.29 is 28.7 Å². The molecule has 2 aromatic carbocycles. The molecule has 2 atom stereocenters. The van der Waals surface area contributed by atoms with Crippen molar-refractivity contribution in [3.63, 3.8) is 0 Å². The van der Waals surface area contributed by atoms with Gasteiger partial charge in [0.1, 0.15) is 17.9 Å². The second kappa shape index (κ2) is 23.7. The lowest BCUT2D eigenvalue weighted by Crippen LogP contribution is -2.48. The van der Waals surface area contributed by atoms with E-state index in [2.05, 4.69) is 62.1 Å². The second-order valence-corrected chi connectivity index (χ2v) is 16.8. The fourth-order valence-corrected chi connectivity index (χ4v) is 7.62. The number of nitrogens with one attached hydrogen (secondary N) is 2. The Bertz CT molecular complexity index is 2100. The van der Waals surface area contributed by atoms with Gasteiger partial charge in [0.2, 0.25) is 11.9 Å². The van der Waals surface area contributed by atoms with Gasteiger partial charge >= 0.3 is 6.09 Å². The normalized spacial score (nSPS) is 14.2. The molecule has 0 radical (unpaired) electrons. The number of hydrogen-bond donors (Lipinski definition) is 4. The minimum Gasteiger partial charge on any atom is -0.445 e. The van der Waals surface area contributed by atoms with Gasteiger partial charge in [-0.05, 0) is 60.1 Å². The van der Waals surface area contributed by atoms with Crippen LogP contribution in [0.1, 0.15) is 87.6 Å². The summed E-state index contributed by atoms with van der Waals surface area (Å²) in [5.74, 6) is -0.0835. The molecule has 1 aliphatic rings. The van der Waals surface area contributed by atoms with Crippen LogP contribution in [-0.4, -0.2) is 106 Å².